The van der Waals surface area contributed by atoms with Crippen LogP contribution in [0.15, 0.2) is 11.6 Å². The van der Waals surface area contributed by atoms with Gasteiger partial charge >= 0.3 is 0 Å². The highest BCUT2D eigenvalue weighted by molar-refractivity contribution is 6.18. The van der Waals surface area contributed by atoms with Crippen LogP contribution in [0.1, 0.15) is 39.5 Å². The lowest BCUT2D eigenvalue weighted by Gasteiger charge is -2.27. The predicted octanol–water partition coefficient (Wildman–Crippen LogP) is 3.09. The van der Waals surface area contributed by atoms with Crippen LogP contribution in [0, 0.1) is 0 Å². The fourth-order valence-corrected chi connectivity index (χ4v) is 2.24. The van der Waals surface area contributed by atoms with Crippen molar-refractivity contribution >= 4 is 11.6 Å². The number of hydrogen-bond acceptors (Lipinski definition) is 1. The third kappa shape index (κ3) is 3.32. The summed E-state index contributed by atoms with van der Waals surface area (Å²) in [6.45, 7) is 5.22. The number of rotatable bonds is 4. The Labute approximate surface area is 86.5 Å². The average molecular weight is 202 g/mol. The van der Waals surface area contributed by atoms with Crippen molar-refractivity contribution in [1.82, 2.24) is 5.32 Å². The van der Waals surface area contributed by atoms with Crippen LogP contribution in [0.3, 0.4) is 0 Å². The molecule has 1 nitrogen and oxygen atoms in total. The van der Waals surface area contributed by atoms with Crippen molar-refractivity contribution < 1.29 is 0 Å². The number of alkyl halides is 1. The highest BCUT2D eigenvalue weighted by Gasteiger charge is 2.31. The molecule has 1 aliphatic carbocycles. The second-order valence-electron chi connectivity index (χ2n) is 4.28. The zero-order chi connectivity index (χ0) is 9.73. The summed E-state index contributed by atoms with van der Waals surface area (Å²) in [5.41, 5.74) is 1.61. The van der Waals surface area contributed by atoms with E-state index >= 15 is 0 Å². The largest absolute Gasteiger partial charge is 0.307 e. The summed E-state index contributed by atoms with van der Waals surface area (Å²) in [6, 6.07) is 0. The predicted molar refractivity (Wildman–Crippen MR) is 59.4 cm³/mol. The van der Waals surface area contributed by atoms with Gasteiger partial charge in [-0.25, -0.2) is 0 Å². The van der Waals surface area contributed by atoms with Gasteiger partial charge in [-0.2, -0.15) is 0 Å². The molecule has 0 bridgehead atoms. The summed E-state index contributed by atoms with van der Waals surface area (Å²) in [5.74, 6) is 0.754. The first kappa shape index (κ1) is 11.1. The van der Waals surface area contributed by atoms with Gasteiger partial charge in [-0.1, -0.05) is 24.5 Å². The summed E-state index contributed by atoms with van der Waals surface area (Å²) in [7, 11) is 0. The molecule has 0 aliphatic heterocycles. The molecule has 0 amide bonds. The van der Waals surface area contributed by atoms with E-state index < -0.39 is 0 Å². The van der Waals surface area contributed by atoms with Gasteiger partial charge in [-0.15, -0.1) is 11.6 Å². The summed E-state index contributed by atoms with van der Waals surface area (Å²) >= 11 is 6.00. The minimum Gasteiger partial charge on any atom is -0.307 e. The number of hydrogen-bond donors (Lipinski definition) is 1. The van der Waals surface area contributed by atoms with Crippen molar-refractivity contribution in [2.24, 2.45) is 0 Å². The first-order valence-electron chi connectivity index (χ1n) is 5.13. The molecule has 0 aromatic carbocycles. The van der Waals surface area contributed by atoms with E-state index in [9.17, 15) is 0 Å². The van der Waals surface area contributed by atoms with Crippen LogP contribution >= 0.6 is 11.6 Å². The van der Waals surface area contributed by atoms with Gasteiger partial charge in [0, 0.05) is 18.0 Å². The van der Waals surface area contributed by atoms with Crippen molar-refractivity contribution in [3.05, 3.63) is 11.6 Å². The summed E-state index contributed by atoms with van der Waals surface area (Å²) < 4.78 is 0. The van der Waals surface area contributed by atoms with Crippen LogP contribution in [0.2, 0.25) is 0 Å². The van der Waals surface area contributed by atoms with E-state index in [2.05, 4.69) is 25.2 Å². The van der Waals surface area contributed by atoms with E-state index in [-0.39, 0.29) is 5.54 Å². The van der Waals surface area contributed by atoms with Gasteiger partial charge in [-0.3, -0.25) is 0 Å². The Balaban J connectivity index is 2.36. The van der Waals surface area contributed by atoms with Gasteiger partial charge in [0.2, 0.25) is 0 Å². The maximum atomic E-state index is 6.00. The van der Waals surface area contributed by atoms with Crippen LogP contribution in [0.25, 0.3) is 0 Å². The molecule has 1 rings (SSSR count). The molecule has 0 unspecified atom stereocenters. The molecule has 0 spiro atoms. The highest BCUT2D eigenvalue weighted by atomic mass is 35.5. The minimum atomic E-state index is 0.244. The fourth-order valence-electron chi connectivity index (χ4n) is 1.88. The molecule has 0 saturated heterocycles. The van der Waals surface area contributed by atoms with Gasteiger partial charge in [0.15, 0.2) is 0 Å². The molecule has 1 aliphatic rings. The van der Waals surface area contributed by atoms with Crippen LogP contribution in [-0.4, -0.2) is 18.0 Å². The van der Waals surface area contributed by atoms with Crippen LogP contribution in [0.4, 0.5) is 0 Å². The lowest BCUT2D eigenvalue weighted by atomic mass is 10.0. The molecule has 0 atom stereocenters. The Kier molecular flexibility index (Phi) is 4.27. The van der Waals surface area contributed by atoms with Crippen molar-refractivity contribution in [3.63, 3.8) is 0 Å². The van der Waals surface area contributed by atoms with E-state index in [4.69, 9.17) is 11.6 Å². The summed E-state index contributed by atoms with van der Waals surface area (Å²) in [4.78, 5) is 0. The van der Waals surface area contributed by atoms with Crippen molar-refractivity contribution in [2.75, 3.05) is 12.4 Å². The second kappa shape index (κ2) is 5.02. The zero-order valence-corrected chi connectivity index (χ0v) is 9.45. The Hall–Kier alpha value is -0.0100. The topological polar surface area (TPSA) is 12.0 Å². The molecule has 76 valence electrons. The lowest BCUT2D eigenvalue weighted by Crippen LogP contribution is -2.44. The summed E-state index contributed by atoms with van der Waals surface area (Å²) in [5, 5.41) is 3.57. The van der Waals surface area contributed by atoms with E-state index in [1.807, 2.05) is 0 Å². The monoisotopic (exact) mass is 201 g/mol. The normalized spacial score (nSPS) is 20.2. The Morgan fingerprint density at radius 1 is 1.38 bits per heavy atom. The van der Waals surface area contributed by atoms with E-state index in [0.717, 1.165) is 12.4 Å². The van der Waals surface area contributed by atoms with Crippen LogP contribution < -0.4 is 5.32 Å². The van der Waals surface area contributed by atoms with E-state index in [0.29, 0.717) is 0 Å². The third-order valence-corrected chi connectivity index (χ3v) is 3.32. The molecule has 1 saturated carbocycles. The van der Waals surface area contributed by atoms with E-state index in [1.165, 1.54) is 31.3 Å². The van der Waals surface area contributed by atoms with Gasteiger partial charge in [0.1, 0.15) is 0 Å². The molecular weight excluding hydrogens is 182 g/mol. The Morgan fingerprint density at radius 2 is 2.00 bits per heavy atom. The van der Waals surface area contributed by atoms with E-state index in [1.54, 1.807) is 0 Å². The molecule has 0 aromatic heterocycles. The third-order valence-electron chi connectivity index (χ3n) is 2.80. The SMILES string of the molecule is CC(C)=CCNC1(CCl)CCCC1. The van der Waals surface area contributed by atoms with Crippen LogP contribution in [0.5, 0.6) is 0 Å². The second-order valence-corrected chi connectivity index (χ2v) is 4.55. The van der Waals surface area contributed by atoms with Gasteiger partial charge < -0.3 is 5.32 Å². The number of halogens is 1. The first-order chi connectivity index (χ1) is 6.18. The van der Waals surface area contributed by atoms with Crippen LogP contribution in [-0.2, 0) is 0 Å². The number of nitrogens with one attached hydrogen (secondary N) is 1. The molecule has 1 fully saturated rings. The highest BCUT2D eigenvalue weighted by Crippen LogP contribution is 2.30. The molecular formula is C11H20ClN. The van der Waals surface area contributed by atoms with Crippen molar-refractivity contribution in [1.29, 1.82) is 0 Å². The smallest absolute Gasteiger partial charge is 0.0406 e. The average Bonchev–Trinajstić information content (AvgIpc) is 2.53. The molecule has 0 heterocycles. The molecule has 0 aromatic rings. The Morgan fingerprint density at radius 3 is 2.46 bits per heavy atom. The quantitative estimate of drug-likeness (QED) is 0.545. The molecule has 1 N–H and O–H groups in total. The van der Waals surface area contributed by atoms with Gasteiger partial charge in [-0.05, 0) is 26.7 Å². The standard InChI is InChI=1S/C11H20ClN/c1-10(2)5-8-13-11(9-12)6-3-4-7-11/h5,13H,3-4,6-9H2,1-2H3. The zero-order valence-electron chi connectivity index (χ0n) is 8.70. The van der Waals surface area contributed by atoms with Crippen molar-refractivity contribution in [2.45, 2.75) is 45.1 Å². The van der Waals surface area contributed by atoms with Crippen molar-refractivity contribution in [3.8, 4) is 0 Å². The van der Waals surface area contributed by atoms with Gasteiger partial charge in [0.25, 0.3) is 0 Å². The fraction of sp³-hybridized carbons (Fsp3) is 0.818. The molecule has 13 heavy (non-hydrogen) atoms. The van der Waals surface area contributed by atoms with Gasteiger partial charge in [0.05, 0.1) is 0 Å². The molecule has 0 radical (unpaired) electrons. The Bertz CT molecular complexity index is 177. The molecule has 2 heteroatoms. The maximum absolute atomic E-state index is 6.00. The maximum Gasteiger partial charge on any atom is 0.0406 e. The summed E-state index contributed by atoms with van der Waals surface area (Å²) in [6.07, 6.45) is 7.37. The number of allylic oxidation sites excluding steroid dienone is 1. The minimum absolute atomic E-state index is 0.244. The lowest BCUT2D eigenvalue weighted by molar-refractivity contribution is 0.387. The first-order valence-corrected chi connectivity index (χ1v) is 5.66.